The number of nitrogens with zero attached hydrogens (tertiary/aromatic N) is 1. The van der Waals surface area contributed by atoms with E-state index in [0.29, 0.717) is 17.9 Å². The number of halogens is 1. The van der Waals surface area contributed by atoms with E-state index >= 15 is 0 Å². The van der Waals surface area contributed by atoms with E-state index in [1.54, 1.807) is 30.3 Å². The van der Waals surface area contributed by atoms with Gasteiger partial charge in [0, 0.05) is 18.3 Å². The maximum absolute atomic E-state index is 12.1. The molecule has 5 nitrogen and oxygen atoms in total. The number of nitrogens with one attached hydrogen (secondary N) is 1. The number of anilines is 1. The lowest BCUT2D eigenvalue weighted by molar-refractivity contribution is -0.111. The van der Waals surface area contributed by atoms with Crippen LogP contribution >= 0.6 is 12.4 Å². The summed E-state index contributed by atoms with van der Waals surface area (Å²) in [7, 11) is 0. The molecule has 156 valence electrons. The van der Waals surface area contributed by atoms with Crippen molar-refractivity contribution >= 4 is 36.0 Å². The van der Waals surface area contributed by atoms with E-state index in [0.717, 1.165) is 25.2 Å². The summed E-state index contributed by atoms with van der Waals surface area (Å²) in [6, 6.07) is 14.6. The average Bonchev–Trinajstić information content (AvgIpc) is 2.71. The Morgan fingerprint density at radius 1 is 1.00 bits per heavy atom. The fourth-order valence-corrected chi connectivity index (χ4v) is 2.61. The minimum Gasteiger partial charge on any atom is -0.461 e. The summed E-state index contributed by atoms with van der Waals surface area (Å²) < 4.78 is 5.30. The lowest BCUT2D eigenvalue weighted by atomic mass is 10.1. The predicted octanol–water partition coefficient (Wildman–Crippen LogP) is 4.57. The second-order valence-electron chi connectivity index (χ2n) is 6.47. The molecule has 0 saturated heterocycles. The molecule has 2 rings (SSSR count). The molecule has 0 radical (unpaired) electrons. The predicted molar refractivity (Wildman–Crippen MR) is 121 cm³/mol. The first-order chi connectivity index (χ1) is 13.5. The van der Waals surface area contributed by atoms with Gasteiger partial charge < -0.3 is 15.0 Å². The highest BCUT2D eigenvalue weighted by atomic mass is 35.5. The first kappa shape index (κ1) is 24.4. The normalized spacial score (nSPS) is 10.6. The van der Waals surface area contributed by atoms with Crippen LogP contribution in [0.5, 0.6) is 0 Å². The summed E-state index contributed by atoms with van der Waals surface area (Å²) in [5.74, 6) is -0.584. The molecule has 0 aliphatic carbocycles. The first-order valence-corrected chi connectivity index (χ1v) is 9.57. The van der Waals surface area contributed by atoms with Crippen LogP contribution in [0.1, 0.15) is 35.3 Å². The number of ether oxygens (including phenoxy) is 1. The standard InChI is InChI=1S/C23H28N2O3.ClH/c1-4-25(5-2)16-17-28-23(27)20-11-13-21(14-12-20)24-22(26)15-10-19-8-6-18(3)7-9-19;/h6-15H,4-5,16-17H2,1-3H3,(H,24,26);1H/b15-10+;. The number of likely N-dealkylation sites (N-methyl/N-ethyl adjacent to an activating group) is 1. The van der Waals surface area contributed by atoms with E-state index < -0.39 is 0 Å². The van der Waals surface area contributed by atoms with Gasteiger partial charge in [-0.25, -0.2) is 4.79 Å². The summed E-state index contributed by atoms with van der Waals surface area (Å²) in [4.78, 5) is 26.3. The van der Waals surface area contributed by atoms with Crippen molar-refractivity contribution in [3.8, 4) is 0 Å². The highest BCUT2D eigenvalue weighted by molar-refractivity contribution is 6.02. The van der Waals surface area contributed by atoms with Crippen LogP contribution in [0.2, 0.25) is 0 Å². The Bertz CT molecular complexity index is 798. The van der Waals surface area contributed by atoms with E-state index in [1.807, 2.05) is 31.2 Å². The van der Waals surface area contributed by atoms with Gasteiger partial charge in [0.2, 0.25) is 5.91 Å². The third-order valence-electron chi connectivity index (χ3n) is 4.43. The second-order valence-corrected chi connectivity index (χ2v) is 6.47. The fourth-order valence-electron chi connectivity index (χ4n) is 2.61. The van der Waals surface area contributed by atoms with Gasteiger partial charge in [0.25, 0.3) is 0 Å². The van der Waals surface area contributed by atoms with Crippen LogP contribution in [0.15, 0.2) is 54.6 Å². The zero-order chi connectivity index (χ0) is 20.4. The summed E-state index contributed by atoms with van der Waals surface area (Å²) in [5, 5.41) is 2.78. The molecule has 0 bridgehead atoms. The van der Waals surface area contributed by atoms with Crippen LogP contribution in [-0.4, -0.2) is 43.0 Å². The van der Waals surface area contributed by atoms with E-state index in [2.05, 4.69) is 24.1 Å². The van der Waals surface area contributed by atoms with Gasteiger partial charge in [0.05, 0.1) is 5.56 Å². The molecular weight excluding hydrogens is 388 g/mol. The number of rotatable bonds is 9. The Labute approximate surface area is 179 Å². The molecule has 2 aromatic carbocycles. The quantitative estimate of drug-likeness (QED) is 0.480. The molecule has 0 saturated carbocycles. The first-order valence-electron chi connectivity index (χ1n) is 9.57. The van der Waals surface area contributed by atoms with Crippen molar-refractivity contribution in [3.63, 3.8) is 0 Å². The molecule has 0 aliphatic heterocycles. The Kier molecular flexibility index (Phi) is 10.7. The second kappa shape index (κ2) is 12.8. The number of aryl methyl sites for hydroxylation is 1. The van der Waals surface area contributed by atoms with Crippen molar-refractivity contribution in [3.05, 3.63) is 71.3 Å². The molecular formula is C23H29ClN2O3. The highest BCUT2D eigenvalue weighted by Gasteiger charge is 2.08. The fraction of sp³-hybridized carbons (Fsp3) is 0.304. The van der Waals surface area contributed by atoms with Gasteiger partial charge in [-0.05, 0) is 55.9 Å². The van der Waals surface area contributed by atoms with Gasteiger partial charge in [0.1, 0.15) is 6.61 Å². The Morgan fingerprint density at radius 3 is 2.21 bits per heavy atom. The zero-order valence-electron chi connectivity index (χ0n) is 17.2. The molecule has 1 N–H and O–H groups in total. The molecule has 6 heteroatoms. The average molecular weight is 417 g/mol. The smallest absolute Gasteiger partial charge is 0.338 e. The van der Waals surface area contributed by atoms with Crippen molar-refractivity contribution in [1.29, 1.82) is 0 Å². The van der Waals surface area contributed by atoms with Crippen molar-refractivity contribution in [2.45, 2.75) is 20.8 Å². The summed E-state index contributed by atoms with van der Waals surface area (Å²) >= 11 is 0. The number of hydrogen-bond acceptors (Lipinski definition) is 4. The van der Waals surface area contributed by atoms with Crippen molar-refractivity contribution in [2.24, 2.45) is 0 Å². The topological polar surface area (TPSA) is 58.6 Å². The molecule has 0 unspecified atom stereocenters. The molecule has 29 heavy (non-hydrogen) atoms. The minimum atomic E-state index is -0.357. The SMILES string of the molecule is CCN(CC)CCOC(=O)c1ccc(NC(=O)/C=C/c2ccc(C)cc2)cc1.Cl. The van der Waals surface area contributed by atoms with Gasteiger partial charge in [-0.1, -0.05) is 43.7 Å². The lowest BCUT2D eigenvalue weighted by Crippen LogP contribution is -2.27. The van der Waals surface area contributed by atoms with E-state index in [1.165, 1.54) is 11.6 Å². The Hall–Kier alpha value is -2.63. The van der Waals surface area contributed by atoms with Crippen LogP contribution in [0.4, 0.5) is 5.69 Å². The van der Waals surface area contributed by atoms with Gasteiger partial charge >= 0.3 is 5.97 Å². The number of benzene rings is 2. The summed E-state index contributed by atoms with van der Waals surface area (Å²) in [5.41, 5.74) is 3.22. The summed E-state index contributed by atoms with van der Waals surface area (Å²) in [6.45, 7) is 9.12. The third-order valence-corrected chi connectivity index (χ3v) is 4.43. The van der Waals surface area contributed by atoms with Crippen molar-refractivity contribution in [1.82, 2.24) is 4.90 Å². The lowest BCUT2D eigenvalue weighted by Gasteiger charge is -2.17. The number of amides is 1. The van der Waals surface area contributed by atoms with Crippen molar-refractivity contribution < 1.29 is 14.3 Å². The van der Waals surface area contributed by atoms with Gasteiger partial charge in [-0.3, -0.25) is 4.79 Å². The Morgan fingerprint density at radius 2 is 1.62 bits per heavy atom. The van der Waals surface area contributed by atoms with Crippen LogP contribution in [-0.2, 0) is 9.53 Å². The Balaban J connectivity index is 0.00000420. The number of carbonyl (C=O) groups excluding carboxylic acids is 2. The molecule has 0 atom stereocenters. The van der Waals surface area contributed by atoms with Gasteiger partial charge in [0.15, 0.2) is 0 Å². The summed E-state index contributed by atoms with van der Waals surface area (Å²) in [6.07, 6.45) is 3.25. The van der Waals surface area contributed by atoms with Crippen LogP contribution in [0.25, 0.3) is 6.08 Å². The number of esters is 1. The largest absolute Gasteiger partial charge is 0.461 e. The van der Waals surface area contributed by atoms with Crippen LogP contribution in [0.3, 0.4) is 0 Å². The molecule has 0 spiro atoms. The van der Waals surface area contributed by atoms with Crippen LogP contribution < -0.4 is 5.32 Å². The van der Waals surface area contributed by atoms with Gasteiger partial charge in [-0.15, -0.1) is 12.4 Å². The monoisotopic (exact) mass is 416 g/mol. The van der Waals surface area contributed by atoms with Crippen molar-refractivity contribution in [2.75, 3.05) is 31.6 Å². The highest BCUT2D eigenvalue weighted by Crippen LogP contribution is 2.11. The zero-order valence-corrected chi connectivity index (χ0v) is 18.0. The molecule has 1 amide bonds. The van der Waals surface area contributed by atoms with Gasteiger partial charge in [-0.2, -0.15) is 0 Å². The number of hydrogen-bond donors (Lipinski definition) is 1. The maximum atomic E-state index is 12.1. The van der Waals surface area contributed by atoms with E-state index in [9.17, 15) is 9.59 Å². The maximum Gasteiger partial charge on any atom is 0.338 e. The van der Waals surface area contributed by atoms with E-state index in [4.69, 9.17) is 4.74 Å². The molecule has 0 aromatic heterocycles. The third kappa shape index (κ3) is 8.50. The number of carbonyl (C=O) groups is 2. The molecule has 0 fully saturated rings. The molecule has 2 aromatic rings. The minimum absolute atomic E-state index is 0. The van der Waals surface area contributed by atoms with Crippen LogP contribution in [0, 0.1) is 6.92 Å². The molecule has 0 heterocycles. The molecule has 0 aliphatic rings. The van der Waals surface area contributed by atoms with E-state index in [-0.39, 0.29) is 24.3 Å².